The zero-order valence-electron chi connectivity index (χ0n) is 34.8. The number of nitrogens with one attached hydrogen (secondary N) is 3. The summed E-state index contributed by atoms with van der Waals surface area (Å²) in [5.41, 5.74) is 6.97. The van der Waals surface area contributed by atoms with Gasteiger partial charge in [0.05, 0.1) is 18.4 Å². The molecule has 5 rings (SSSR count). The first-order valence-corrected chi connectivity index (χ1v) is 24.6. The molecule has 308 valence electrons. The van der Waals surface area contributed by atoms with Crippen LogP contribution < -0.4 is 20.1 Å². The van der Waals surface area contributed by atoms with Gasteiger partial charge in [-0.3, -0.25) is 9.52 Å². The highest BCUT2D eigenvalue weighted by Gasteiger charge is 2.40. The van der Waals surface area contributed by atoms with E-state index in [4.69, 9.17) is 4.74 Å². The lowest BCUT2D eigenvalue weighted by Crippen LogP contribution is -2.45. The van der Waals surface area contributed by atoms with Crippen molar-refractivity contribution < 1.29 is 27.9 Å². The number of phenolic OH excluding ortho intramolecular Hbond substituents is 1. The van der Waals surface area contributed by atoms with Gasteiger partial charge in [0, 0.05) is 18.6 Å². The van der Waals surface area contributed by atoms with Gasteiger partial charge in [0.15, 0.2) is 8.32 Å². The summed E-state index contributed by atoms with van der Waals surface area (Å²) < 4.78 is 33.8. The van der Waals surface area contributed by atoms with Gasteiger partial charge in [0.1, 0.15) is 18.1 Å². The molecule has 0 heterocycles. The molecule has 0 radical (unpaired) electrons. The topological polar surface area (TPSA) is 137 Å². The van der Waals surface area contributed by atoms with Gasteiger partial charge in [-0.2, -0.15) is 0 Å². The van der Waals surface area contributed by atoms with Crippen LogP contribution in [0.25, 0.3) is 11.1 Å². The number of carbonyl (C=O) groups excluding carboxylic acids is 1. The fourth-order valence-electron chi connectivity index (χ4n) is 6.90. The fourth-order valence-corrected chi connectivity index (χ4v) is 8.21. The molecule has 0 aromatic heterocycles. The summed E-state index contributed by atoms with van der Waals surface area (Å²) in [6, 6.07) is 38.6. The number of amides is 1. The van der Waals surface area contributed by atoms with Gasteiger partial charge in [-0.15, -0.1) is 0 Å². The molecule has 0 spiro atoms. The summed E-state index contributed by atoms with van der Waals surface area (Å²) in [7, 11) is -6.20. The Labute approximate surface area is 346 Å². The molecule has 0 aliphatic heterocycles. The van der Waals surface area contributed by atoms with E-state index < -0.39 is 18.3 Å². The fraction of sp³-hybridized carbons (Fsp3) is 0.340. The Hall–Kier alpha value is -4.94. The average molecular weight is 822 g/mol. The minimum absolute atomic E-state index is 0.0618. The molecule has 0 saturated heterocycles. The predicted molar refractivity (Wildman–Crippen MR) is 238 cm³/mol. The minimum atomic E-state index is -3.60. The zero-order chi connectivity index (χ0) is 42.1. The van der Waals surface area contributed by atoms with Crippen molar-refractivity contribution in [2.45, 2.75) is 89.7 Å². The Bertz CT molecular complexity index is 2250. The van der Waals surface area contributed by atoms with Gasteiger partial charge in [-0.1, -0.05) is 105 Å². The molecule has 5 aromatic carbocycles. The average Bonchev–Trinajstić information content (AvgIpc) is 3.15. The van der Waals surface area contributed by atoms with E-state index in [1.54, 1.807) is 12.1 Å². The third-order valence-corrected chi connectivity index (χ3v) is 15.0. The molecule has 1 amide bonds. The summed E-state index contributed by atoms with van der Waals surface area (Å²) in [4.78, 5) is 24.4. The van der Waals surface area contributed by atoms with Crippen LogP contribution in [0.15, 0.2) is 121 Å². The van der Waals surface area contributed by atoms with Crippen LogP contribution in [0.4, 0.5) is 5.69 Å². The number of rotatable bonds is 19. The maximum absolute atomic E-state index is 13.1. The van der Waals surface area contributed by atoms with Crippen LogP contribution in [-0.2, 0) is 40.8 Å². The van der Waals surface area contributed by atoms with Crippen molar-refractivity contribution in [1.82, 2.24) is 10.6 Å². The molecule has 1 atom stereocenters. The molecule has 0 bridgehead atoms. The Morgan fingerprint density at radius 3 is 2.12 bits per heavy atom. The summed E-state index contributed by atoms with van der Waals surface area (Å²) in [5, 5.41) is 16.2. The number of carbonyl (C=O) groups is 1. The smallest absolute Gasteiger partial charge is 0.229 e. The van der Waals surface area contributed by atoms with Crippen LogP contribution in [0.1, 0.15) is 67.9 Å². The molecule has 5 N–H and O–H groups in total. The van der Waals surface area contributed by atoms with Crippen LogP contribution in [0.5, 0.6) is 11.5 Å². The minimum Gasteiger partial charge on any atom is -0.508 e. The molecule has 0 aliphatic carbocycles. The number of aromatic hydroxyl groups is 1. The van der Waals surface area contributed by atoms with E-state index in [9.17, 15) is 23.1 Å². The van der Waals surface area contributed by atoms with Crippen LogP contribution in [0.2, 0.25) is 18.1 Å². The van der Waals surface area contributed by atoms with Crippen LogP contribution in [0.3, 0.4) is 0 Å². The van der Waals surface area contributed by atoms with Crippen LogP contribution in [0, 0.1) is 0 Å². The summed E-state index contributed by atoms with van der Waals surface area (Å²) in [5.74, 6) is 0.535. The van der Waals surface area contributed by atoms with E-state index in [1.165, 1.54) is 0 Å². The van der Waals surface area contributed by atoms with E-state index in [2.05, 4.69) is 55.2 Å². The van der Waals surface area contributed by atoms with Gasteiger partial charge >= 0.3 is 0 Å². The molecule has 0 unspecified atom stereocenters. The molecule has 0 saturated carbocycles. The third-order valence-electron chi connectivity index (χ3n) is 10.9. The van der Waals surface area contributed by atoms with E-state index in [1.807, 2.05) is 110 Å². The van der Waals surface area contributed by atoms with Gasteiger partial charge in [-0.25, -0.2) is 8.42 Å². The standard InChI is InChI=1S/C47H59N3O6SSi/c1-46(2,29-36-16-11-15-35(25-36)27-45(52)48-31-37-17-12-18-39(26-37)38-19-22-42(51)23-20-38)49-32-41(30-47(3,4)58(6,7)55)40-21-24-44(43(28-40)50-57(5,53)54)56-33-34-13-9-8-10-14-34/h8-26,28,41,49-51,55H,27,29-33H2,1-7H3,(H,48,52)/t41-/m0/s1. The molecular weight excluding hydrogens is 763 g/mol. The summed E-state index contributed by atoms with van der Waals surface area (Å²) in [6.45, 7) is 13.7. The van der Waals surface area contributed by atoms with E-state index in [0.29, 0.717) is 44.0 Å². The predicted octanol–water partition coefficient (Wildman–Crippen LogP) is 8.93. The number of phenols is 1. The SMILES string of the molecule is CC(C)(Cc1cccc(CC(=O)NCc2cccc(-c3ccc(O)cc3)c2)c1)NC[C@H](CC(C)(C)[Si](C)(C)O)c1ccc(OCc2ccccc2)c(NS(C)(=O)=O)c1. The lowest BCUT2D eigenvalue weighted by Gasteiger charge is -2.39. The van der Waals surface area contributed by atoms with E-state index >= 15 is 0 Å². The lowest BCUT2D eigenvalue weighted by atomic mass is 9.87. The lowest BCUT2D eigenvalue weighted by molar-refractivity contribution is -0.120. The van der Waals surface area contributed by atoms with Gasteiger partial charge in [0.2, 0.25) is 15.9 Å². The second-order valence-corrected chi connectivity index (χ2v) is 23.4. The Morgan fingerprint density at radius 2 is 1.43 bits per heavy atom. The molecule has 0 aliphatic rings. The van der Waals surface area contributed by atoms with Crippen molar-refractivity contribution in [2.75, 3.05) is 17.5 Å². The maximum atomic E-state index is 13.1. The number of ether oxygens (including phenoxy) is 1. The number of anilines is 1. The third kappa shape index (κ3) is 13.3. The van der Waals surface area contributed by atoms with Crippen molar-refractivity contribution in [3.05, 3.63) is 149 Å². The monoisotopic (exact) mass is 821 g/mol. The first-order chi connectivity index (χ1) is 27.2. The second kappa shape index (κ2) is 18.8. The molecule has 11 heteroatoms. The largest absolute Gasteiger partial charge is 0.508 e. The van der Waals surface area contributed by atoms with E-state index in [-0.39, 0.29) is 34.6 Å². The number of benzene rings is 5. The van der Waals surface area contributed by atoms with Gasteiger partial charge in [0.25, 0.3) is 0 Å². The molecule has 5 aromatic rings. The molecule has 9 nitrogen and oxygen atoms in total. The molecular formula is C47H59N3O6SSi. The van der Waals surface area contributed by atoms with Crippen molar-refractivity contribution >= 4 is 29.9 Å². The Morgan fingerprint density at radius 1 is 0.776 bits per heavy atom. The highest BCUT2D eigenvalue weighted by atomic mass is 32.2. The maximum Gasteiger partial charge on any atom is 0.229 e. The quantitative estimate of drug-likeness (QED) is 0.0525. The van der Waals surface area contributed by atoms with Crippen molar-refractivity contribution in [3.8, 4) is 22.6 Å². The first kappa shape index (κ1) is 44.2. The summed E-state index contributed by atoms with van der Waals surface area (Å²) >= 11 is 0. The van der Waals surface area contributed by atoms with Gasteiger partial charge in [-0.05, 0) is 120 Å². The normalized spacial score (nSPS) is 12.8. The highest BCUT2D eigenvalue weighted by molar-refractivity contribution is 7.92. The number of hydrogen-bond acceptors (Lipinski definition) is 7. The number of sulfonamides is 1. The van der Waals surface area contributed by atoms with Crippen LogP contribution >= 0.6 is 0 Å². The Balaban J connectivity index is 1.26. The summed E-state index contributed by atoms with van der Waals surface area (Å²) in [6.07, 6.45) is 2.77. The second-order valence-electron chi connectivity index (χ2n) is 17.2. The first-order valence-electron chi connectivity index (χ1n) is 19.7. The van der Waals surface area contributed by atoms with E-state index in [0.717, 1.165) is 45.2 Å². The number of hydrogen-bond donors (Lipinski definition) is 5. The zero-order valence-corrected chi connectivity index (χ0v) is 36.6. The molecule has 58 heavy (non-hydrogen) atoms. The molecule has 0 fully saturated rings. The van der Waals surface area contributed by atoms with Gasteiger partial charge < -0.3 is 25.3 Å². The Kier molecular flexibility index (Phi) is 14.3. The van der Waals surface area contributed by atoms with Crippen molar-refractivity contribution in [1.29, 1.82) is 0 Å². The van der Waals surface area contributed by atoms with Crippen LogP contribution in [-0.4, -0.2) is 50.9 Å². The highest BCUT2D eigenvalue weighted by Crippen LogP contribution is 2.45. The van der Waals surface area contributed by atoms with Crippen molar-refractivity contribution in [2.24, 2.45) is 0 Å². The van der Waals surface area contributed by atoms with Crippen molar-refractivity contribution in [3.63, 3.8) is 0 Å².